The Kier molecular flexibility index (Phi) is 15.4. The highest BCUT2D eigenvalue weighted by Crippen LogP contribution is 2.56. The highest BCUT2D eigenvalue weighted by molar-refractivity contribution is 7.13. The van der Waals surface area contributed by atoms with Gasteiger partial charge in [0.1, 0.15) is 30.5 Å². The number of alkyl halides is 3. The third-order valence-corrected chi connectivity index (χ3v) is 14.6. The summed E-state index contributed by atoms with van der Waals surface area (Å²) >= 11 is 1.56. The number of aliphatic hydroxyl groups is 1. The predicted octanol–water partition coefficient (Wildman–Crippen LogP) is 7.74. The van der Waals surface area contributed by atoms with Crippen LogP contribution in [0.25, 0.3) is 16.1 Å². The number of β-amino-alcohol motifs (C(OH)–C–C–N with tert-alkyl or cyclic N) is 1. The van der Waals surface area contributed by atoms with Gasteiger partial charge in [0, 0.05) is 41.6 Å². The summed E-state index contributed by atoms with van der Waals surface area (Å²) in [5, 5.41) is 33.2. The van der Waals surface area contributed by atoms with Gasteiger partial charge in [0.2, 0.25) is 17.7 Å². The van der Waals surface area contributed by atoms with E-state index in [-0.39, 0.29) is 43.9 Å². The van der Waals surface area contributed by atoms with Crippen LogP contribution >= 0.6 is 11.3 Å². The van der Waals surface area contributed by atoms with Crippen LogP contribution in [0.15, 0.2) is 84.6 Å². The van der Waals surface area contributed by atoms with Crippen LogP contribution < -0.4 is 20.7 Å². The molecule has 0 spiro atoms. The number of amides is 4. The Morgan fingerprint density at radius 2 is 1.67 bits per heavy atom. The minimum atomic E-state index is -4.73. The van der Waals surface area contributed by atoms with E-state index in [2.05, 4.69) is 26.0 Å². The minimum absolute atomic E-state index is 0.0173. The Balaban J connectivity index is 0.876. The van der Waals surface area contributed by atoms with Crippen molar-refractivity contribution in [2.45, 2.75) is 118 Å². The van der Waals surface area contributed by atoms with Gasteiger partial charge in [-0.25, -0.2) is 9.67 Å². The maximum absolute atomic E-state index is 14.1. The standard InChI is InChI=1S/C53H61F3N8O7S/c1-30(33-10-12-34(13-11-33)43-31(2)58-29-72-43)60-46(68)41-22-38(65)27-63(41)47(69)44(50(3,4)5)61-42(66)28-70-21-20-32-25-59-64(26-32)37-17-14-35(15-18-37)45(67)62-48-51(6,7)49(52(48,8)9)71-39-19-16-36(24-57)40(23-39)53(54,55)56/h10-19,23,25-26,29-30,38,41,44,48-49,65H,20-22,27-28H2,1-9H3,(H,60,68)(H,61,66)(H,62,67)/t30-,38+,41-,44?,48-,49-/m0/s1. The number of thiazole rings is 1. The Bertz CT molecular complexity index is 2810. The molecule has 4 N–H and O–H groups in total. The average Bonchev–Trinajstić information content (AvgIpc) is 4.09. The molecular formula is C53H61F3N8O7S. The van der Waals surface area contributed by atoms with Crippen LogP contribution in [0.1, 0.15) is 106 Å². The van der Waals surface area contributed by atoms with Crippen molar-refractivity contribution in [3.63, 3.8) is 0 Å². The first-order valence-electron chi connectivity index (χ1n) is 23.7. The van der Waals surface area contributed by atoms with Crippen molar-refractivity contribution in [1.29, 1.82) is 5.26 Å². The summed E-state index contributed by atoms with van der Waals surface area (Å²) in [7, 11) is 0. The van der Waals surface area contributed by atoms with Crippen LogP contribution in [0, 0.1) is 34.5 Å². The maximum Gasteiger partial charge on any atom is 0.417 e. The molecule has 15 nitrogen and oxygen atoms in total. The van der Waals surface area contributed by atoms with Gasteiger partial charge in [-0.15, -0.1) is 11.3 Å². The topological polar surface area (TPSA) is 201 Å². The summed E-state index contributed by atoms with van der Waals surface area (Å²) in [6.45, 7) is 16.5. The van der Waals surface area contributed by atoms with Crippen LogP contribution in [0.2, 0.25) is 0 Å². The van der Waals surface area contributed by atoms with Crippen molar-refractivity contribution in [1.82, 2.24) is 35.6 Å². The molecule has 3 aromatic carbocycles. The number of aliphatic hydroxyl groups excluding tert-OH is 1. The number of likely N-dealkylation sites (tertiary alicyclic amines) is 1. The molecule has 5 aromatic rings. The third kappa shape index (κ3) is 11.5. The fraction of sp³-hybridized carbons (Fsp3) is 0.453. The van der Waals surface area contributed by atoms with Crippen molar-refractivity contribution in [2.24, 2.45) is 16.2 Å². The van der Waals surface area contributed by atoms with Crippen molar-refractivity contribution in [2.75, 3.05) is 19.8 Å². The predicted molar refractivity (Wildman–Crippen MR) is 264 cm³/mol. The van der Waals surface area contributed by atoms with Gasteiger partial charge in [-0.3, -0.25) is 19.2 Å². The van der Waals surface area contributed by atoms with Gasteiger partial charge >= 0.3 is 6.18 Å². The van der Waals surface area contributed by atoms with Crippen LogP contribution in [0.5, 0.6) is 5.75 Å². The second-order valence-corrected chi connectivity index (χ2v) is 21.7. The fourth-order valence-electron chi connectivity index (χ4n) is 10.0. The number of rotatable bonds is 16. The summed E-state index contributed by atoms with van der Waals surface area (Å²) in [5.41, 5.74) is 2.89. The van der Waals surface area contributed by atoms with E-state index in [9.17, 15) is 42.7 Å². The second kappa shape index (κ2) is 20.8. The molecule has 19 heteroatoms. The Morgan fingerprint density at radius 1 is 0.986 bits per heavy atom. The molecule has 7 rings (SSSR count). The van der Waals surface area contributed by atoms with Gasteiger partial charge < -0.3 is 35.4 Å². The van der Waals surface area contributed by atoms with Gasteiger partial charge in [0.05, 0.1) is 63.9 Å². The lowest BCUT2D eigenvalue weighted by Crippen LogP contribution is -2.74. The largest absolute Gasteiger partial charge is 0.489 e. The Hall–Kier alpha value is -6.62. The first-order chi connectivity index (χ1) is 33.8. The molecule has 72 heavy (non-hydrogen) atoms. The quantitative estimate of drug-likeness (QED) is 0.0709. The summed E-state index contributed by atoms with van der Waals surface area (Å²) in [6.07, 6.45) is -2.26. The number of carbonyl (C=O) groups excluding carboxylic acids is 4. The highest BCUT2D eigenvalue weighted by Gasteiger charge is 2.64. The zero-order valence-corrected chi connectivity index (χ0v) is 42.6. The van der Waals surface area contributed by atoms with E-state index in [0.717, 1.165) is 39.4 Å². The van der Waals surface area contributed by atoms with Gasteiger partial charge in [-0.1, -0.05) is 72.7 Å². The molecule has 0 radical (unpaired) electrons. The van der Waals surface area contributed by atoms with E-state index >= 15 is 0 Å². The van der Waals surface area contributed by atoms with Crippen molar-refractivity contribution >= 4 is 35.0 Å². The number of aryl methyl sites for hydroxylation is 1. The van der Waals surface area contributed by atoms with E-state index in [1.54, 1.807) is 64.3 Å². The lowest BCUT2D eigenvalue weighted by molar-refractivity contribution is -0.164. The Morgan fingerprint density at radius 3 is 2.28 bits per heavy atom. The second-order valence-electron chi connectivity index (χ2n) is 20.9. The molecular weight excluding hydrogens is 950 g/mol. The van der Waals surface area contributed by atoms with Crippen molar-refractivity contribution in [3.05, 3.63) is 118 Å². The number of hydrogen-bond donors (Lipinski definition) is 4. The summed E-state index contributed by atoms with van der Waals surface area (Å²) in [4.78, 5) is 61.3. The molecule has 2 aliphatic rings. The summed E-state index contributed by atoms with van der Waals surface area (Å²) < 4.78 is 54.4. The molecule has 4 atom stereocenters. The normalized spacial score (nSPS) is 20.1. The van der Waals surface area contributed by atoms with Gasteiger partial charge in [-0.05, 0) is 84.8 Å². The molecule has 3 heterocycles. The number of hydrogen-bond acceptors (Lipinski definition) is 11. The first kappa shape index (κ1) is 53.2. The minimum Gasteiger partial charge on any atom is -0.489 e. The molecule has 4 amide bonds. The molecule has 2 aromatic heterocycles. The number of aromatic nitrogens is 3. The van der Waals surface area contributed by atoms with E-state index in [1.807, 2.05) is 86.6 Å². The summed E-state index contributed by atoms with van der Waals surface area (Å²) in [6, 6.07) is 16.8. The van der Waals surface area contributed by atoms with Crippen molar-refractivity contribution in [3.8, 4) is 27.9 Å². The van der Waals surface area contributed by atoms with Crippen LogP contribution in [-0.2, 0) is 31.7 Å². The maximum atomic E-state index is 14.1. The SMILES string of the molecule is Cc1ncsc1-c1ccc([C@H](C)NC(=O)[C@@H]2C[C@@H](O)CN2C(=O)C(NC(=O)COCCc2cnn(-c3ccc(C(=O)N[C@H]4C(C)(C)[C@H](Oc5ccc(C#N)c(C(F)(F)F)c5)C4(C)C)cc3)c2)C(C)(C)C)cc1. The number of nitriles is 1. The monoisotopic (exact) mass is 1010 g/mol. The number of carbonyl (C=O) groups is 4. The average molecular weight is 1010 g/mol. The van der Waals surface area contributed by atoms with Crippen LogP contribution in [0.4, 0.5) is 13.2 Å². The van der Waals surface area contributed by atoms with E-state index in [4.69, 9.17) is 9.47 Å². The lowest BCUT2D eigenvalue weighted by Gasteiger charge is -2.63. The van der Waals surface area contributed by atoms with E-state index < -0.39 is 81.6 Å². The number of halogens is 3. The summed E-state index contributed by atoms with van der Waals surface area (Å²) in [5.74, 6) is -1.75. The first-order valence-corrected chi connectivity index (χ1v) is 24.6. The number of nitrogens with zero attached hydrogens (tertiary/aromatic N) is 5. The van der Waals surface area contributed by atoms with Gasteiger partial charge in [-0.2, -0.15) is 23.5 Å². The molecule has 1 aliphatic carbocycles. The van der Waals surface area contributed by atoms with E-state index in [0.29, 0.717) is 17.7 Å². The molecule has 0 bridgehead atoms. The molecule has 1 saturated carbocycles. The molecule has 382 valence electrons. The number of benzene rings is 3. The Labute approximate surface area is 421 Å². The fourth-order valence-corrected chi connectivity index (χ4v) is 10.9. The van der Waals surface area contributed by atoms with Crippen LogP contribution in [0.3, 0.4) is 0 Å². The van der Waals surface area contributed by atoms with Gasteiger partial charge in [0.15, 0.2) is 0 Å². The smallest absolute Gasteiger partial charge is 0.417 e. The van der Waals surface area contributed by atoms with Crippen LogP contribution in [-0.4, -0.2) is 98.5 Å². The number of nitrogens with one attached hydrogen (secondary N) is 3. The zero-order chi connectivity index (χ0) is 52.5. The highest BCUT2D eigenvalue weighted by atomic mass is 32.1. The third-order valence-electron chi connectivity index (χ3n) is 13.6. The van der Waals surface area contributed by atoms with E-state index in [1.165, 1.54) is 11.0 Å². The molecule has 1 unspecified atom stereocenters. The van der Waals surface area contributed by atoms with Gasteiger partial charge in [0.25, 0.3) is 5.91 Å². The molecule has 1 aliphatic heterocycles. The molecule has 2 fully saturated rings. The zero-order valence-electron chi connectivity index (χ0n) is 41.8. The van der Waals surface area contributed by atoms with Crippen molar-refractivity contribution < 1.29 is 46.9 Å². The lowest BCUT2D eigenvalue weighted by atomic mass is 9.49. The number of ether oxygens (including phenoxy) is 2. The molecule has 1 saturated heterocycles.